The molecule has 7 nitrogen and oxygen atoms in total. The first-order valence-corrected chi connectivity index (χ1v) is 9.64. The van der Waals surface area contributed by atoms with E-state index in [1.807, 2.05) is 12.1 Å². The van der Waals surface area contributed by atoms with E-state index in [2.05, 4.69) is 4.98 Å². The summed E-state index contributed by atoms with van der Waals surface area (Å²) < 4.78 is 16.5. The number of nitrogens with zero attached hydrogens (tertiary/aromatic N) is 1. The smallest absolute Gasteiger partial charge is 0.312 e. The summed E-state index contributed by atoms with van der Waals surface area (Å²) in [5.41, 5.74) is 2.53. The molecule has 1 aromatic heterocycles. The first-order chi connectivity index (χ1) is 15.0. The van der Waals surface area contributed by atoms with Crippen molar-refractivity contribution < 1.29 is 28.9 Å². The summed E-state index contributed by atoms with van der Waals surface area (Å²) in [4.78, 5) is 29.2. The van der Waals surface area contributed by atoms with Gasteiger partial charge in [-0.3, -0.25) is 14.6 Å². The summed E-state index contributed by atoms with van der Waals surface area (Å²) in [5.74, 6) is 0.252. The third kappa shape index (κ3) is 3.20. The minimum Gasteiger partial charge on any atom is -0.504 e. The molecule has 0 unspecified atom stereocenters. The van der Waals surface area contributed by atoms with E-state index in [-0.39, 0.29) is 35.6 Å². The zero-order valence-corrected chi connectivity index (χ0v) is 16.5. The Kier molecular flexibility index (Phi) is 4.43. The van der Waals surface area contributed by atoms with Crippen LogP contribution in [0.4, 0.5) is 0 Å². The van der Waals surface area contributed by atoms with Crippen LogP contribution >= 0.6 is 0 Å². The van der Waals surface area contributed by atoms with E-state index in [1.54, 1.807) is 42.7 Å². The highest BCUT2D eigenvalue weighted by Gasteiger charge is 2.38. The number of ether oxygens (including phenoxy) is 3. The number of phenols is 1. The van der Waals surface area contributed by atoms with Crippen LogP contribution in [0, 0.1) is 0 Å². The van der Waals surface area contributed by atoms with Crippen LogP contribution < -0.4 is 14.2 Å². The lowest BCUT2D eigenvalue weighted by atomic mass is 9.85. The van der Waals surface area contributed by atoms with E-state index < -0.39 is 0 Å². The van der Waals surface area contributed by atoms with Crippen LogP contribution in [0.2, 0.25) is 0 Å². The fourth-order valence-electron chi connectivity index (χ4n) is 3.93. The van der Waals surface area contributed by atoms with Crippen LogP contribution in [0.25, 0.3) is 6.08 Å². The molecule has 2 aliphatic heterocycles. The molecule has 154 valence electrons. The average Bonchev–Trinajstić information content (AvgIpc) is 3.09. The predicted molar refractivity (Wildman–Crippen MR) is 110 cm³/mol. The van der Waals surface area contributed by atoms with Gasteiger partial charge in [0.25, 0.3) is 0 Å². The number of phenolic OH excluding ortho intramolecular Hbond substituents is 1. The van der Waals surface area contributed by atoms with Gasteiger partial charge in [0, 0.05) is 23.9 Å². The van der Waals surface area contributed by atoms with E-state index >= 15 is 0 Å². The van der Waals surface area contributed by atoms with Crippen molar-refractivity contribution in [2.45, 2.75) is 12.3 Å². The number of esters is 1. The van der Waals surface area contributed by atoms with Gasteiger partial charge in [-0.15, -0.1) is 0 Å². The Balaban J connectivity index is 1.58. The molecule has 0 fully saturated rings. The van der Waals surface area contributed by atoms with E-state index in [0.717, 1.165) is 5.56 Å². The molecule has 1 atom stereocenters. The number of rotatable bonds is 3. The monoisotopic (exact) mass is 415 g/mol. The van der Waals surface area contributed by atoms with E-state index in [4.69, 9.17) is 14.2 Å². The number of hydrogen-bond acceptors (Lipinski definition) is 7. The van der Waals surface area contributed by atoms with E-state index in [1.165, 1.54) is 13.2 Å². The zero-order valence-electron chi connectivity index (χ0n) is 16.5. The Bertz CT molecular complexity index is 1250. The fourth-order valence-corrected chi connectivity index (χ4v) is 3.93. The summed E-state index contributed by atoms with van der Waals surface area (Å²) in [6.07, 6.45) is 5.01. The van der Waals surface area contributed by atoms with Crippen molar-refractivity contribution in [2.24, 2.45) is 0 Å². The minimum absolute atomic E-state index is 0.0400. The van der Waals surface area contributed by atoms with Crippen LogP contribution in [-0.2, 0) is 4.79 Å². The summed E-state index contributed by atoms with van der Waals surface area (Å²) in [6, 6.07) is 11.7. The molecule has 0 spiro atoms. The van der Waals surface area contributed by atoms with Crippen molar-refractivity contribution in [1.29, 1.82) is 0 Å². The van der Waals surface area contributed by atoms with Crippen LogP contribution in [0.1, 0.15) is 39.4 Å². The number of pyridine rings is 1. The van der Waals surface area contributed by atoms with Crippen molar-refractivity contribution in [3.63, 3.8) is 0 Å². The molecule has 0 bridgehead atoms. The highest BCUT2D eigenvalue weighted by atomic mass is 16.5. The molecule has 0 amide bonds. The lowest BCUT2D eigenvalue weighted by molar-refractivity contribution is -0.135. The highest BCUT2D eigenvalue weighted by Crippen LogP contribution is 2.48. The number of carbonyl (C=O) groups is 2. The molecule has 7 heteroatoms. The van der Waals surface area contributed by atoms with Gasteiger partial charge >= 0.3 is 5.97 Å². The van der Waals surface area contributed by atoms with Gasteiger partial charge < -0.3 is 19.3 Å². The molecule has 0 saturated carbocycles. The third-order valence-electron chi connectivity index (χ3n) is 5.39. The molecule has 3 heterocycles. The molecule has 3 aromatic rings. The quantitative estimate of drug-likeness (QED) is 0.394. The lowest BCUT2D eigenvalue weighted by Crippen LogP contribution is -2.21. The summed E-state index contributed by atoms with van der Waals surface area (Å²) in [6.45, 7) is 0. The number of hydrogen-bond donors (Lipinski definition) is 1. The lowest BCUT2D eigenvalue weighted by Gasteiger charge is -2.26. The van der Waals surface area contributed by atoms with E-state index in [0.29, 0.717) is 33.9 Å². The molecule has 31 heavy (non-hydrogen) atoms. The van der Waals surface area contributed by atoms with Gasteiger partial charge in [-0.1, -0.05) is 6.07 Å². The number of aromatic hydroxyl groups is 1. The Morgan fingerprint density at radius 1 is 1.10 bits per heavy atom. The van der Waals surface area contributed by atoms with Crippen LogP contribution in [-0.4, -0.2) is 29.0 Å². The summed E-state index contributed by atoms with van der Waals surface area (Å²) >= 11 is 0. The Morgan fingerprint density at radius 3 is 2.65 bits per heavy atom. The van der Waals surface area contributed by atoms with Gasteiger partial charge in [-0.05, 0) is 53.6 Å². The van der Waals surface area contributed by atoms with Crippen molar-refractivity contribution in [1.82, 2.24) is 4.98 Å². The third-order valence-corrected chi connectivity index (χ3v) is 5.39. The molecular formula is C24H17NO6. The van der Waals surface area contributed by atoms with Crippen molar-refractivity contribution in [2.75, 3.05) is 7.11 Å². The second kappa shape index (κ2) is 7.28. The Labute approximate surface area is 177 Å². The van der Waals surface area contributed by atoms with Gasteiger partial charge in [0.15, 0.2) is 17.3 Å². The van der Waals surface area contributed by atoms with Gasteiger partial charge in [-0.25, -0.2) is 0 Å². The standard InChI is InChI=1S/C24H17NO6/c1-29-18-4-2-13(10-17(18)26)11-20-23(28)15-3-5-19-22(24(15)31-20)16(12-21(27)30-19)14-6-8-25-9-7-14/h2-11,16,26H,12H2,1H3/b20-11-/t16-/m1/s1. The van der Waals surface area contributed by atoms with E-state index in [9.17, 15) is 14.7 Å². The molecule has 0 radical (unpaired) electrons. The average molecular weight is 415 g/mol. The highest BCUT2D eigenvalue weighted by molar-refractivity contribution is 6.15. The molecule has 1 N–H and O–H groups in total. The van der Waals surface area contributed by atoms with Crippen LogP contribution in [0.5, 0.6) is 23.0 Å². The normalized spacial score (nSPS) is 18.2. The number of Topliss-reactive ketones (excluding diaryl/α,β-unsaturated/α-hetero) is 1. The SMILES string of the molecule is COc1ccc(/C=C2\Oc3c(ccc4c3[C@@H](c3ccncc3)CC(=O)O4)C2=O)cc1O. The number of fused-ring (bicyclic) bond motifs is 3. The second-order valence-corrected chi connectivity index (χ2v) is 7.24. The molecular weight excluding hydrogens is 398 g/mol. The second-order valence-electron chi connectivity index (χ2n) is 7.24. The number of benzene rings is 2. The van der Waals surface area contributed by atoms with Gasteiger partial charge in [0.05, 0.1) is 19.1 Å². The maximum absolute atomic E-state index is 13.0. The zero-order chi connectivity index (χ0) is 21.5. The maximum Gasteiger partial charge on any atom is 0.312 e. The molecule has 2 aromatic carbocycles. The minimum atomic E-state index is -0.344. The number of allylic oxidation sites excluding steroid dienone is 1. The fraction of sp³-hybridized carbons (Fsp3) is 0.125. The van der Waals surface area contributed by atoms with Gasteiger partial charge in [0.2, 0.25) is 5.78 Å². The topological polar surface area (TPSA) is 95.0 Å². The summed E-state index contributed by atoms with van der Waals surface area (Å²) in [7, 11) is 1.46. The first kappa shape index (κ1) is 18.9. The number of ketones is 1. The van der Waals surface area contributed by atoms with Crippen LogP contribution in [0.15, 0.2) is 60.6 Å². The van der Waals surface area contributed by atoms with Crippen LogP contribution in [0.3, 0.4) is 0 Å². The molecule has 0 aliphatic carbocycles. The number of methoxy groups -OCH3 is 1. The molecule has 2 aliphatic rings. The van der Waals surface area contributed by atoms with Crippen molar-refractivity contribution >= 4 is 17.8 Å². The Morgan fingerprint density at radius 2 is 1.90 bits per heavy atom. The van der Waals surface area contributed by atoms with Gasteiger partial charge in [-0.2, -0.15) is 0 Å². The maximum atomic E-state index is 13.0. The summed E-state index contributed by atoms with van der Waals surface area (Å²) in [5, 5.41) is 10.0. The molecule has 0 saturated heterocycles. The van der Waals surface area contributed by atoms with Crippen molar-refractivity contribution in [3.05, 3.63) is 82.9 Å². The predicted octanol–water partition coefficient (Wildman–Crippen LogP) is 3.85. The first-order valence-electron chi connectivity index (χ1n) is 9.64. The largest absolute Gasteiger partial charge is 0.504 e. The molecule has 5 rings (SSSR count). The van der Waals surface area contributed by atoms with Gasteiger partial charge in [0.1, 0.15) is 11.5 Å². The van der Waals surface area contributed by atoms with Crippen molar-refractivity contribution in [3.8, 4) is 23.0 Å². The number of aromatic nitrogens is 1. The number of carbonyl (C=O) groups excluding carboxylic acids is 2. The Hall–Kier alpha value is -4.13.